The van der Waals surface area contributed by atoms with Gasteiger partial charge in [0.15, 0.2) is 0 Å². The summed E-state index contributed by atoms with van der Waals surface area (Å²) in [6.45, 7) is 16.2. The van der Waals surface area contributed by atoms with Crippen molar-refractivity contribution >= 4 is 29.8 Å². The van der Waals surface area contributed by atoms with Gasteiger partial charge < -0.3 is 30.7 Å². The summed E-state index contributed by atoms with van der Waals surface area (Å²) in [5, 5.41) is 5.46. The average molecular weight is 695 g/mol. The normalized spacial score (nSPS) is 13.4. The second-order valence-corrected chi connectivity index (χ2v) is 14.8. The molecule has 50 heavy (non-hydrogen) atoms. The van der Waals surface area contributed by atoms with Crippen molar-refractivity contribution in [2.24, 2.45) is 5.73 Å². The third-order valence-electron chi connectivity index (χ3n) is 7.85. The maximum atomic E-state index is 14.7. The molecule has 0 aliphatic rings. The van der Waals surface area contributed by atoms with Gasteiger partial charge in [0, 0.05) is 13.0 Å². The van der Waals surface area contributed by atoms with Gasteiger partial charge in [-0.1, -0.05) is 81.1 Å². The number of hydrogen-bond acceptors (Lipinski definition) is 7. The minimum atomic E-state index is -1.41. The van der Waals surface area contributed by atoms with Gasteiger partial charge in [0.2, 0.25) is 17.7 Å². The van der Waals surface area contributed by atoms with E-state index in [1.54, 1.807) is 41.5 Å². The van der Waals surface area contributed by atoms with Gasteiger partial charge in [-0.2, -0.15) is 0 Å². The first-order valence-corrected chi connectivity index (χ1v) is 17.5. The molecule has 0 heterocycles. The van der Waals surface area contributed by atoms with Crippen LogP contribution in [0.2, 0.25) is 0 Å². The number of alkyl carbamates (subject to hydrolysis) is 1. The van der Waals surface area contributed by atoms with Crippen LogP contribution in [0, 0.1) is 13.8 Å². The summed E-state index contributed by atoms with van der Waals surface area (Å²) in [6.07, 6.45) is 3.03. The molecule has 3 atom stereocenters. The van der Waals surface area contributed by atoms with Gasteiger partial charge in [0.05, 0.1) is 6.42 Å². The molecule has 0 radical (unpaired) electrons. The molecule has 2 aromatic carbocycles. The van der Waals surface area contributed by atoms with Crippen LogP contribution in [0.25, 0.3) is 0 Å². The van der Waals surface area contributed by atoms with E-state index in [1.165, 1.54) is 4.90 Å². The van der Waals surface area contributed by atoms with Crippen LogP contribution in [0.15, 0.2) is 48.5 Å². The number of aryl methyl sites for hydroxylation is 2. The molecule has 0 spiro atoms. The predicted octanol–water partition coefficient (Wildman–Crippen LogP) is 5.98. The molecule has 4 N–H and O–H groups in total. The number of carbonyl (C=O) groups excluding carboxylic acids is 5. The number of primary amides is 1. The monoisotopic (exact) mass is 694 g/mol. The van der Waals surface area contributed by atoms with Crippen LogP contribution < -0.4 is 16.4 Å². The largest absolute Gasteiger partial charge is 0.458 e. The lowest BCUT2D eigenvalue weighted by atomic mass is 9.92. The summed E-state index contributed by atoms with van der Waals surface area (Å²) in [7, 11) is 0. The summed E-state index contributed by atoms with van der Waals surface area (Å²) in [5.74, 6) is -2.72. The van der Waals surface area contributed by atoms with Gasteiger partial charge in [-0.15, -0.1) is 0 Å². The number of nitrogens with one attached hydrogen (secondary N) is 2. The predicted molar refractivity (Wildman–Crippen MR) is 194 cm³/mol. The Bertz CT molecular complexity index is 1430. The topological polar surface area (TPSA) is 157 Å². The molecule has 11 heteroatoms. The van der Waals surface area contributed by atoms with Crippen molar-refractivity contribution in [1.82, 2.24) is 15.5 Å². The summed E-state index contributed by atoms with van der Waals surface area (Å²) < 4.78 is 11.1. The van der Waals surface area contributed by atoms with Crippen molar-refractivity contribution in [3.63, 3.8) is 0 Å². The fourth-order valence-corrected chi connectivity index (χ4v) is 5.66. The Morgan fingerprint density at radius 2 is 1.34 bits per heavy atom. The minimum absolute atomic E-state index is 0.134. The van der Waals surface area contributed by atoms with Crippen molar-refractivity contribution in [3.8, 4) is 0 Å². The van der Waals surface area contributed by atoms with Crippen LogP contribution in [0.5, 0.6) is 0 Å². The molecule has 0 aromatic heterocycles. The number of carbonyl (C=O) groups is 5. The molecule has 276 valence electrons. The number of esters is 1. The van der Waals surface area contributed by atoms with E-state index < -0.39 is 65.5 Å². The van der Waals surface area contributed by atoms with Gasteiger partial charge in [-0.25, -0.2) is 9.59 Å². The van der Waals surface area contributed by atoms with E-state index in [4.69, 9.17) is 15.2 Å². The zero-order valence-electron chi connectivity index (χ0n) is 31.4. The molecule has 0 bridgehead atoms. The van der Waals surface area contributed by atoms with E-state index in [0.29, 0.717) is 12.0 Å². The molecule has 2 aromatic rings. The maximum absolute atomic E-state index is 14.7. The molecule has 4 amide bonds. The molecule has 0 aliphatic carbocycles. The molecular formula is C39H58N4O7. The molecule has 11 nitrogen and oxygen atoms in total. The third-order valence-corrected chi connectivity index (χ3v) is 7.85. The molecule has 0 fully saturated rings. The Balaban J connectivity index is 2.71. The number of hydrogen-bond donors (Lipinski definition) is 3. The molecular weight excluding hydrogens is 636 g/mol. The zero-order chi connectivity index (χ0) is 37.6. The lowest BCUT2D eigenvalue weighted by molar-refractivity contribution is -0.159. The van der Waals surface area contributed by atoms with Gasteiger partial charge in [-0.3, -0.25) is 14.4 Å². The number of nitrogens with zero attached hydrogens (tertiary/aromatic N) is 1. The number of rotatable bonds is 17. The Labute approximate surface area is 298 Å². The third kappa shape index (κ3) is 14.2. The van der Waals surface area contributed by atoms with Crippen molar-refractivity contribution in [2.75, 3.05) is 6.54 Å². The molecule has 3 unspecified atom stereocenters. The van der Waals surface area contributed by atoms with Gasteiger partial charge in [0.1, 0.15) is 29.3 Å². The lowest BCUT2D eigenvalue weighted by Crippen LogP contribution is -2.56. The molecule has 0 aliphatic heterocycles. The fourth-order valence-electron chi connectivity index (χ4n) is 5.66. The smallest absolute Gasteiger partial charge is 0.408 e. The number of nitrogens with two attached hydrogens (primary N) is 1. The summed E-state index contributed by atoms with van der Waals surface area (Å²) in [5.41, 5.74) is 6.75. The second kappa shape index (κ2) is 19.1. The maximum Gasteiger partial charge on any atom is 0.408 e. The highest BCUT2D eigenvalue weighted by atomic mass is 16.6. The number of benzene rings is 2. The van der Waals surface area contributed by atoms with E-state index in [9.17, 15) is 24.0 Å². The highest BCUT2D eigenvalue weighted by Crippen LogP contribution is 2.30. The Morgan fingerprint density at radius 3 is 1.88 bits per heavy atom. The first-order chi connectivity index (χ1) is 23.3. The van der Waals surface area contributed by atoms with Crippen molar-refractivity contribution < 1.29 is 33.4 Å². The highest BCUT2D eigenvalue weighted by molar-refractivity contribution is 5.96. The summed E-state index contributed by atoms with van der Waals surface area (Å²) >= 11 is 0. The van der Waals surface area contributed by atoms with Crippen molar-refractivity contribution in [2.45, 2.75) is 137 Å². The van der Waals surface area contributed by atoms with Crippen LogP contribution in [-0.2, 0) is 35.1 Å². The minimum Gasteiger partial charge on any atom is -0.458 e. The van der Waals surface area contributed by atoms with Crippen molar-refractivity contribution in [1.29, 1.82) is 0 Å². The highest BCUT2D eigenvalue weighted by Gasteiger charge is 2.39. The van der Waals surface area contributed by atoms with Gasteiger partial charge in [0.25, 0.3) is 0 Å². The molecule has 0 saturated carbocycles. The van der Waals surface area contributed by atoms with Crippen LogP contribution in [0.1, 0.15) is 115 Å². The lowest BCUT2D eigenvalue weighted by Gasteiger charge is -2.36. The van der Waals surface area contributed by atoms with E-state index >= 15 is 0 Å². The summed E-state index contributed by atoms with van der Waals surface area (Å²) in [4.78, 5) is 69.5. The Kier molecular flexibility index (Phi) is 16.0. The van der Waals surface area contributed by atoms with E-state index in [2.05, 4.69) is 17.6 Å². The Morgan fingerprint density at radius 1 is 0.760 bits per heavy atom. The van der Waals surface area contributed by atoms with Crippen LogP contribution >= 0.6 is 0 Å². The summed E-state index contributed by atoms with van der Waals surface area (Å²) in [6, 6.07) is 11.1. The van der Waals surface area contributed by atoms with Crippen LogP contribution in [0.3, 0.4) is 0 Å². The first kappa shape index (κ1) is 41.8. The first-order valence-electron chi connectivity index (χ1n) is 17.5. The average Bonchev–Trinajstić information content (AvgIpc) is 2.99. The number of ether oxygens (including phenoxy) is 2. The van der Waals surface area contributed by atoms with E-state index in [-0.39, 0.29) is 13.0 Å². The SMILES string of the molecule is CCCCCCCN(C(=O)C(CC(N)=O)NC(=O)OC(C)(C)C)C(C(=O)NC(Cc1ccccc1)C(=O)OC(C)(C)C)c1c(C)cccc1C. The van der Waals surface area contributed by atoms with E-state index in [1.807, 2.05) is 62.4 Å². The standard InChI is InChI=1S/C39H58N4O7/c1-10-11-12-13-17-23-43(35(46)29(25-31(40)44)42-37(48)50-39(7,8)9)33(32-26(2)19-18-20-27(32)3)34(45)41-30(36(47)49-38(4,5)6)24-28-21-15-14-16-22-28/h14-16,18-22,29-30,33H,10-13,17,23-25H2,1-9H3,(H2,40,44)(H,41,45)(H,42,48). The zero-order valence-corrected chi connectivity index (χ0v) is 31.4. The van der Waals surface area contributed by atoms with Crippen molar-refractivity contribution in [3.05, 3.63) is 70.8 Å². The molecule has 2 rings (SSSR count). The van der Waals surface area contributed by atoms with Gasteiger partial charge >= 0.3 is 12.1 Å². The van der Waals surface area contributed by atoms with E-state index in [0.717, 1.165) is 42.4 Å². The molecule has 0 saturated heterocycles. The van der Waals surface area contributed by atoms with Crippen LogP contribution in [-0.4, -0.2) is 64.5 Å². The Hall–Kier alpha value is -4.41. The second-order valence-electron chi connectivity index (χ2n) is 14.8. The fraction of sp³-hybridized carbons (Fsp3) is 0.564. The van der Waals surface area contributed by atoms with Crippen LogP contribution in [0.4, 0.5) is 4.79 Å². The number of unbranched alkanes of at least 4 members (excludes halogenated alkanes) is 4. The number of amides is 4. The quantitative estimate of drug-likeness (QED) is 0.136. The van der Waals surface area contributed by atoms with Gasteiger partial charge in [-0.05, 0) is 84.1 Å².